The summed E-state index contributed by atoms with van der Waals surface area (Å²) in [5, 5.41) is 12.6. The maximum atomic E-state index is 13.2. The molecule has 0 radical (unpaired) electrons. The van der Waals surface area contributed by atoms with Crippen LogP contribution in [-0.2, 0) is 0 Å². The third-order valence-electron chi connectivity index (χ3n) is 2.87. The number of halogens is 2. The van der Waals surface area contributed by atoms with Crippen molar-refractivity contribution in [3.63, 3.8) is 0 Å². The molecule has 0 bridgehead atoms. The van der Waals surface area contributed by atoms with Crippen LogP contribution in [0.5, 0.6) is 0 Å². The molecule has 1 N–H and O–H groups in total. The van der Waals surface area contributed by atoms with Crippen molar-refractivity contribution in [3.8, 4) is 0 Å². The smallest absolute Gasteiger partial charge is 0.296 e. The summed E-state index contributed by atoms with van der Waals surface area (Å²) in [5.74, 6) is -0.785. The van der Waals surface area contributed by atoms with Gasteiger partial charge < -0.3 is 5.43 Å². The predicted molar refractivity (Wildman–Crippen MR) is 67.1 cm³/mol. The quantitative estimate of drug-likeness (QED) is 0.679. The Hall–Kier alpha value is -1.40. The zero-order valence-corrected chi connectivity index (χ0v) is 10.4. The first-order valence-corrected chi connectivity index (χ1v) is 6.11. The first-order chi connectivity index (χ1) is 8.58. The average Bonchev–Trinajstić information content (AvgIpc) is 2.34. The van der Waals surface area contributed by atoms with Gasteiger partial charge in [-0.15, -0.1) is 0 Å². The van der Waals surface area contributed by atoms with E-state index in [0.29, 0.717) is 0 Å². The molecule has 0 aromatic heterocycles. The summed E-state index contributed by atoms with van der Waals surface area (Å²) in [6.45, 7) is 1.62. The number of nitro benzene ring substituents is 1. The molecule has 5 nitrogen and oxygen atoms in total. The first kappa shape index (κ1) is 13.0. The van der Waals surface area contributed by atoms with Crippen LogP contribution in [0, 0.1) is 15.9 Å². The Labute approximate surface area is 109 Å². The van der Waals surface area contributed by atoms with Crippen molar-refractivity contribution in [1.82, 2.24) is 5.01 Å². The van der Waals surface area contributed by atoms with Crippen molar-refractivity contribution < 1.29 is 9.31 Å². The second-order valence-electron chi connectivity index (χ2n) is 4.20. The third kappa shape index (κ3) is 2.88. The maximum absolute atomic E-state index is 13.2. The molecule has 1 fully saturated rings. The Balaban J connectivity index is 2.24. The van der Waals surface area contributed by atoms with Gasteiger partial charge in [0.2, 0.25) is 0 Å². The number of piperidine rings is 1. The van der Waals surface area contributed by atoms with Crippen molar-refractivity contribution in [2.75, 3.05) is 18.5 Å². The van der Waals surface area contributed by atoms with E-state index in [4.69, 9.17) is 11.6 Å². The molecule has 0 saturated carbocycles. The van der Waals surface area contributed by atoms with Gasteiger partial charge in [-0.1, -0.05) is 18.0 Å². The zero-order valence-electron chi connectivity index (χ0n) is 9.66. The number of nitrogens with zero attached hydrogens (tertiary/aromatic N) is 2. The molecule has 2 rings (SSSR count). The fourth-order valence-corrected chi connectivity index (χ4v) is 2.12. The fourth-order valence-electron chi connectivity index (χ4n) is 1.95. The molecular weight excluding hydrogens is 261 g/mol. The lowest BCUT2D eigenvalue weighted by atomic mass is 10.2. The Morgan fingerprint density at radius 3 is 2.61 bits per heavy atom. The van der Waals surface area contributed by atoms with Crippen molar-refractivity contribution in [3.05, 3.63) is 33.1 Å². The van der Waals surface area contributed by atoms with Gasteiger partial charge in [-0.3, -0.25) is 10.1 Å². The summed E-state index contributed by atoms with van der Waals surface area (Å²) in [5.41, 5.74) is 2.87. The number of anilines is 1. The van der Waals surface area contributed by atoms with Crippen LogP contribution < -0.4 is 5.43 Å². The molecule has 1 aromatic rings. The number of hydrazine groups is 1. The van der Waals surface area contributed by atoms with Crippen LogP contribution in [0.25, 0.3) is 0 Å². The molecule has 0 amide bonds. The number of rotatable bonds is 3. The summed E-state index contributed by atoms with van der Waals surface area (Å²) in [7, 11) is 0. The maximum Gasteiger partial charge on any atom is 0.296 e. The molecule has 1 saturated heterocycles. The van der Waals surface area contributed by atoms with Crippen LogP contribution in [0.4, 0.5) is 15.8 Å². The van der Waals surface area contributed by atoms with E-state index in [-0.39, 0.29) is 16.4 Å². The standard InChI is InChI=1S/C11H13ClFN3O2/c12-8-6-10(11(16(17)18)7-9(8)13)14-15-4-2-1-3-5-15/h6-7,14H,1-5H2. The first-order valence-electron chi connectivity index (χ1n) is 5.73. The Bertz CT molecular complexity index is 464. The molecular formula is C11H13ClFN3O2. The molecule has 0 atom stereocenters. The van der Waals surface area contributed by atoms with Gasteiger partial charge in [0.25, 0.3) is 5.69 Å². The molecule has 0 spiro atoms. The van der Waals surface area contributed by atoms with E-state index in [0.717, 1.165) is 38.4 Å². The van der Waals surface area contributed by atoms with Crippen LogP contribution in [0.1, 0.15) is 19.3 Å². The van der Waals surface area contributed by atoms with Gasteiger partial charge in [-0.2, -0.15) is 0 Å². The van der Waals surface area contributed by atoms with Gasteiger partial charge in [0, 0.05) is 13.1 Å². The topological polar surface area (TPSA) is 58.4 Å². The van der Waals surface area contributed by atoms with Crippen LogP contribution >= 0.6 is 11.6 Å². The van der Waals surface area contributed by atoms with E-state index >= 15 is 0 Å². The molecule has 0 unspecified atom stereocenters. The molecule has 1 aliphatic heterocycles. The highest BCUT2D eigenvalue weighted by Crippen LogP contribution is 2.31. The normalized spacial score (nSPS) is 16.6. The largest absolute Gasteiger partial charge is 0.313 e. The minimum absolute atomic E-state index is 0.125. The summed E-state index contributed by atoms with van der Waals surface area (Å²) in [4.78, 5) is 10.2. The summed E-state index contributed by atoms with van der Waals surface area (Å²) < 4.78 is 13.2. The molecule has 18 heavy (non-hydrogen) atoms. The number of hydrogen-bond acceptors (Lipinski definition) is 4. The van der Waals surface area contributed by atoms with Gasteiger partial charge in [-0.05, 0) is 18.9 Å². The molecule has 0 aliphatic carbocycles. The lowest BCUT2D eigenvalue weighted by Crippen LogP contribution is -2.35. The van der Waals surface area contributed by atoms with Crippen LogP contribution in [0.3, 0.4) is 0 Å². The highest BCUT2D eigenvalue weighted by Gasteiger charge is 2.20. The lowest BCUT2D eigenvalue weighted by Gasteiger charge is -2.27. The Morgan fingerprint density at radius 2 is 2.00 bits per heavy atom. The highest BCUT2D eigenvalue weighted by molar-refractivity contribution is 6.31. The minimum atomic E-state index is -0.785. The summed E-state index contributed by atoms with van der Waals surface area (Å²) >= 11 is 5.65. The van der Waals surface area contributed by atoms with Gasteiger partial charge in [0.05, 0.1) is 16.0 Å². The Kier molecular flexibility index (Phi) is 3.98. The third-order valence-corrected chi connectivity index (χ3v) is 3.16. The van der Waals surface area contributed by atoms with E-state index in [2.05, 4.69) is 5.43 Å². The average molecular weight is 274 g/mol. The second kappa shape index (κ2) is 5.49. The predicted octanol–water partition coefficient (Wildman–Crippen LogP) is 3.20. The van der Waals surface area contributed by atoms with Gasteiger partial charge in [0.1, 0.15) is 11.5 Å². The van der Waals surface area contributed by atoms with E-state index < -0.39 is 10.7 Å². The zero-order chi connectivity index (χ0) is 13.1. The summed E-state index contributed by atoms with van der Waals surface area (Å²) in [6.07, 6.45) is 3.23. The van der Waals surface area contributed by atoms with Gasteiger partial charge in [-0.25, -0.2) is 9.40 Å². The molecule has 1 aromatic carbocycles. The van der Waals surface area contributed by atoms with E-state index in [9.17, 15) is 14.5 Å². The van der Waals surface area contributed by atoms with E-state index in [1.165, 1.54) is 6.07 Å². The second-order valence-corrected chi connectivity index (χ2v) is 4.61. The number of benzene rings is 1. The van der Waals surface area contributed by atoms with Crippen molar-refractivity contribution in [1.29, 1.82) is 0 Å². The van der Waals surface area contributed by atoms with Crippen LogP contribution in [-0.4, -0.2) is 23.0 Å². The van der Waals surface area contributed by atoms with E-state index in [1.54, 1.807) is 0 Å². The Morgan fingerprint density at radius 1 is 1.33 bits per heavy atom. The van der Waals surface area contributed by atoms with Crippen molar-refractivity contribution in [2.24, 2.45) is 0 Å². The van der Waals surface area contributed by atoms with Crippen LogP contribution in [0.2, 0.25) is 5.02 Å². The number of nitro groups is 1. The minimum Gasteiger partial charge on any atom is -0.313 e. The monoisotopic (exact) mass is 273 g/mol. The lowest BCUT2D eigenvalue weighted by molar-refractivity contribution is -0.384. The van der Waals surface area contributed by atoms with Gasteiger partial charge in [0.15, 0.2) is 0 Å². The number of hydrogen-bond donors (Lipinski definition) is 1. The SMILES string of the molecule is O=[N+]([O-])c1cc(F)c(Cl)cc1NN1CCCCC1. The summed E-state index contributed by atoms with van der Waals surface area (Å²) in [6, 6.07) is 2.10. The van der Waals surface area contributed by atoms with Gasteiger partial charge >= 0.3 is 0 Å². The highest BCUT2D eigenvalue weighted by atomic mass is 35.5. The van der Waals surface area contributed by atoms with Crippen molar-refractivity contribution >= 4 is 23.0 Å². The molecule has 7 heteroatoms. The van der Waals surface area contributed by atoms with Crippen molar-refractivity contribution in [2.45, 2.75) is 19.3 Å². The molecule has 1 aliphatic rings. The van der Waals surface area contributed by atoms with E-state index in [1.807, 2.05) is 5.01 Å². The molecule has 98 valence electrons. The fraction of sp³-hybridized carbons (Fsp3) is 0.455. The number of nitrogens with one attached hydrogen (secondary N) is 1. The van der Waals surface area contributed by atoms with Crippen LogP contribution in [0.15, 0.2) is 12.1 Å². The molecule has 1 heterocycles.